The van der Waals surface area contributed by atoms with Crippen LogP contribution in [-0.2, 0) is 19.0 Å². The molecular weight excluding hydrogens is 208 g/mol. The molecular formula is C12H16O4. The van der Waals surface area contributed by atoms with Gasteiger partial charge >= 0.3 is 5.97 Å². The van der Waals surface area contributed by atoms with Gasteiger partial charge in [-0.05, 0) is 24.7 Å². The van der Waals surface area contributed by atoms with Crippen molar-refractivity contribution in [3.8, 4) is 0 Å². The molecule has 0 radical (unpaired) electrons. The number of fused-ring (bicyclic) bond motifs is 2. The molecule has 1 aliphatic heterocycles. The lowest BCUT2D eigenvalue weighted by atomic mass is 9.94. The van der Waals surface area contributed by atoms with Crippen molar-refractivity contribution in [3.05, 3.63) is 12.2 Å². The van der Waals surface area contributed by atoms with E-state index in [2.05, 4.69) is 12.2 Å². The maximum Gasteiger partial charge on any atom is 0.309 e. The first-order valence-electron chi connectivity index (χ1n) is 5.87. The number of carbonyl (C=O) groups is 1. The number of carbonyl (C=O) groups excluding carboxylic acids is 1. The molecule has 2 bridgehead atoms. The van der Waals surface area contributed by atoms with Crippen LogP contribution in [0.1, 0.15) is 12.8 Å². The van der Waals surface area contributed by atoms with E-state index >= 15 is 0 Å². The highest BCUT2D eigenvalue weighted by molar-refractivity contribution is 5.74. The number of rotatable bonds is 3. The van der Waals surface area contributed by atoms with Gasteiger partial charge in [0, 0.05) is 0 Å². The highest BCUT2D eigenvalue weighted by atomic mass is 16.7. The second-order valence-electron chi connectivity index (χ2n) is 4.79. The summed E-state index contributed by atoms with van der Waals surface area (Å²) in [5, 5.41) is 0. The molecule has 0 N–H and O–H groups in total. The molecule has 4 unspecified atom stereocenters. The summed E-state index contributed by atoms with van der Waals surface area (Å²) in [6.07, 6.45) is 6.40. The van der Waals surface area contributed by atoms with Crippen LogP contribution < -0.4 is 0 Å². The first-order valence-corrected chi connectivity index (χ1v) is 5.87. The molecule has 1 heterocycles. The normalized spacial score (nSPS) is 40.5. The van der Waals surface area contributed by atoms with Crippen LogP contribution in [-0.4, -0.2) is 32.1 Å². The molecule has 2 fully saturated rings. The Labute approximate surface area is 94.5 Å². The number of hydrogen-bond donors (Lipinski definition) is 0. The zero-order valence-electron chi connectivity index (χ0n) is 9.13. The minimum absolute atomic E-state index is 0.0626. The molecule has 4 nitrogen and oxygen atoms in total. The fourth-order valence-corrected chi connectivity index (χ4v) is 2.80. The average molecular weight is 224 g/mol. The molecule has 0 spiro atoms. The van der Waals surface area contributed by atoms with Crippen molar-refractivity contribution in [3.63, 3.8) is 0 Å². The summed E-state index contributed by atoms with van der Waals surface area (Å²) in [5.74, 6) is 1.04. The lowest BCUT2D eigenvalue weighted by molar-refractivity contribution is -0.152. The fourth-order valence-electron chi connectivity index (χ4n) is 2.80. The molecule has 88 valence electrons. The van der Waals surface area contributed by atoms with E-state index in [1.165, 1.54) is 0 Å². The van der Waals surface area contributed by atoms with Gasteiger partial charge in [0.25, 0.3) is 0 Å². The number of hydrogen-bond acceptors (Lipinski definition) is 4. The molecule has 4 atom stereocenters. The lowest BCUT2D eigenvalue weighted by Gasteiger charge is -2.17. The Hall–Kier alpha value is -0.870. The molecule has 0 aromatic carbocycles. The SMILES string of the molecule is O=C(OCC1COCO1)C1CC2C=CC1C2. The predicted molar refractivity (Wildman–Crippen MR) is 55.5 cm³/mol. The highest BCUT2D eigenvalue weighted by Gasteiger charge is 2.40. The molecule has 3 aliphatic rings. The largest absolute Gasteiger partial charge is 0.463 e. The first-order chi connectivity index (χ1) is 7.83. The second-order valence-corrected chi connectivity index (χ2v) is 4.79. The van der Waals surface area contributed by atoms with Gasteiger partial charge in [0.15, 0.2) is 0 Å². The van der Waals surface area contributed by atoms with Crippen molar-refractivity contribution in [2.75, 3.05) is 20.0 Å². The number of ether oxygens (including phenoxy) is 3. The summed E-state index contributed by atoms with van der Waals surface area (Å²) in [6.45, 7) is 1.18. The minimum Gasteiger partial charge on any atom is -0.463 e. The third-order valence-electron chi connectivity index (χ3n) is 3.68. The van der Waals surface area contributed by atoms with E-state index < -0.39 is 0 Å². The maximum absolute atomic E-state index is 11.8. The molecule has 1 saturated heterocycles. The summed E-state index contributed by atoms with van der Waals surface area (Å²) < 4.78 is 15.5. The molecule has 2 aliphatic carbocycles. The van der Waals surface area contributed by atoms with Gasteiger partial charge in [-0.2, -0.15) is 0 Å². The lowest BCUT2D eigenvalue weighted by Crippen LogP contribution is -2.26. The molecule has 0 amide bonds. The highest BCUT2D eigenvalue weighted by Crippen LogP contribution is 2.43. The van der Waals surface area contributed by atoms with Gasteiger partial charge in [0.1, 0.15) is 19.5 Å². The molecule has 0 aromatic heterocycles. The number of esters is 1. The molecule has 0 aromatic rings. The van der Waals surface area contributed by atoms with E-state index in [9.17, 15) is 4.79 Å². The summed E-state index contributed by atoms with van der Waals surface area (Å²) in [5.41, 5.74) is 0. The van der Waals surface area contributed by atoms with Gasteiger partial charge in [0.05, 0.1) is 12.5 Å². The van der Waals surface area contributed by atoms with E-state index in [-0.39, 0.29) is 18.0 Å². The Balaban J connectivity index is 1.48. The Bertz CT molecular complexity index is 306. The van der Waals surface area contributed by atoms with Gasteiger partial charge in [-0.1, -0.05) is 12.2 Å². The van der Waals surface area contributed by atoms with Crippen LogP contribution in [0.15, 0.2) is 12.2 Å². The van der Waals surface area contributed by atoms with Crippen LogP contribution in [0.5, 0.6) is 0 Å². The zero-order chi connectivity index (χ0) is 11.0. The monoisotopic (exact) mass is 224 g/mol. The van der Waals surface area contributed by atoms with Crippen molar-refractivity contribution >= 4 is 5.97 Å². The summed E-state index contributed by atoms with van der Waals surface area (Å²) in [4.78, 5) is 11.8. The Kier molecular flexibility index (Phi) is 2.69. The second kappa shape index (κ2) is 4.18. The van der Waals surface area contributed by atoms with Crippen LogP contribution in [0.3, 0.4) is 0 Å². The van der Waals surface area contributed by atoms with Gasteiger partial charge in [-0.15, -0.1) is 0 Å². The van der Waals surface area contributed by atoms with Crippen molar-refractivity contribution in [2.24, 2.45) is 17.8 Å². The molecule has 16 heavy (non-hydrogen) atoms. The first kappa shape index (κ1) is 10.3. The van der Waals surface area contributed by atoms with Crippen molar-refractivity contribution in [2.45, 2.75) is 18.9 Å². The van der Waals surface area contributed by atoms with E-state index in [0.29, 0.717) is 31.8 Å². The van der Waals surface area contributed by atoms with Gasteiger partial charge in [-0.3, -0.25) is 4.79 Å². The van der Waals surface area contributed by atoms with Crippen LogP contribution in [0.25, 0.3) is 0 Å². The van der Waals surface area contributed by atoms with E-state index in [1.807, 2.05) is 0 Å². The maximum atomic E-state index is 11.8. The van der Waals surface area contributed by atoms with Gasteiger partial charge in [-0.25, -0.2) is 0 Å². The summed E-state index contributed by atoms with van der Waals surface area (Å²) in [7, 11) is 0. The quantitative estimate of drug-likeness (QED) is 0.532. The van der Waals surface area contributed by atoms with Crippen molar-refractivity contribution in [1.82, 2.24) is 0 Å². The zero-order valence-corrected chi connectivity index (χ0v) is 9.13. The summed E-state index contributed by atoms with van der Waals surface area (Å²) in [6, 6.07) is 0. The van der Waals surface area contributed by atoms with E-state index in [0.717, 1.165) is 12.8 Å². The smallest absolute Gasteiger partial charge is 0.309 e. The van der Waals surface area contributed by atoms with Crippen LogP contribution >= 0.6 is 0 Å². The standard InChI is InChI=1S/C12H16O4/c13-12(15-6-10-5-14-7-16-10)11-4-8-1-2-9(11)3-8/h1-2,8-11H,3-7H2. The third-order valence-corrected chi connectivity index (χ3v) is 3.68. The van der Waals surface area contributed by atoms with E-state index in [4.69, 9.17) is 14.2 Å². The third kappa shape index (κ3) is 1.87. The molecule has 4 heteroatoms. The van der Waals surface area contributed by atoms with Crippen LogP contribution in [0.4, 0.5) is 0 Å². The van der Waals surface area contributed by atoms with Crippen molar-refractivity contribution < 1.29 is 19.0 Å². The van der Waals surface area contributed by atoms with Gasteiger partial charge in [0.2, 0.25) is 0 Å². The summed E-state index contributed by atoms with van der Waals surface area (Å²) >= 11 is 0. The van der Waals surface area contributed by atoms with Crippen molar-refractivity contribution in [1.29, 1.82) is 0 Å². The van der Waals surface area contributed by atoms with E-state index in [1.54, 1.807) is 0 Å². The predicted octanol–water partition coefficient (Wildman–Crippen LogP) is 1.11. The molecule has 3 rings (SSSR count). The Morgan fingerprint density at radius 2 is 2.31 bits per heavy atom. The minimum atomic E-state index is -0.0712. The van der Waals surface area contributed by atoms with Crippen LogP contribution in [0, 0.1) is 17.8 Å². The number of allylic oxidation sites excluding steroid dienone is 2. The van der Waals surface area contributed by atoms with Gasteiger partial charge < -0.3 is 14.2 Å². The Morgan fingerprint density at radius 1 is 1.38 bits per heavy atom. The molecule has 1 saturated carbocycles. The fraction of sp³-hybridized carbons (Fsp3) is 0.750. The average Bonchev–Trinajstić information content (AvgIpc) is 3.01. The topological polar surface area (TPSA) is 44.8 Å². The van der Waals surface area contributed by atoms with Crippen LogP contribution in [0.2, 0.25) is 0 Å². The Morgan fingerprint density at radius 3 is 2.94 bits per heavy atom.